The first-order valence-corrected chi connectivity index (χ1v) is 9.02. The maximum Gasteiger partial charge on any atom is 0.0232 e. The van der Waals surface area contributed by atoms with Crippen molar-refractivity contribution >= 4 is 17.8 Å². The fourth-order valence-electron chi connectivity index (χ4n) is 2.69. The lowest BCUT2D eigenvalue weighted by Gasteiger charge is -2.12. The summed E-state index contributed by atoms with van der Waals surface area (Å²) in [4.78, 5) is 1.26. The number of rotatable bonds is 6. The van der Waals surface area contributed by atoms with Gasteiger partial charge in [0.1, 0.15) is 0 Å². The smallest absolute Gasteiger partial charge is 0.0232 e. The van der Waals surface area contributed by atoms with Crippen LogP contribution in [0.15, 0.2) is 84.3 Å². The van der Waals surface area contributed by atoms with Gasteiger partial charge in [-0.2, -0.15) is 0 Å². The van der Waals surface area contributed by atoms with Crippen LogP contribution in [0.25, 0.3) is 17.2 Å². The first-order valence-electron chi connectivity index (χ1n) is 8.03. The molecule has 2 N–H and O–H groups in total. The second-order valence-corrected chi connectivity index (χ2v) is 6.61. The topological polar surface area (TPSA) is 26.0 Å². The molecular weight excluding hydrogens is 310 g/mol. The molecule has 0 saturated carbocycles. The summed E-state index contributed by atoms with van der Waals surface area (Å²) in [5, 5.41) is 0. The van der Waals surface area contributed by atoms with E-state index in [2.05, 4.69) is 79.4 Å². The van der Waals surface area contributed by atoms with Gasteiger partial charge in [-0.25, -0.2) is 0 Å². The third kappa shape index (κ3) is 3.78. The molecule has 0 saturated heterocycles. The van der Waals surface area contributed by atoms with Crippen LogP contribution in [-0.4, -0.2) is 0 Å². The maximum absolute atomic E-state index is 5.69. The fraction of sp³-hybridized carbons (Fsp3) is 0.0909. The Labute approximate surface area is 148 Å². The number of hydrogen-bond donors (Lipinski definition) is 1. The van der Waals surface area contributed by atoms with Gasteiger partial charge in [0.15, 0.2) is 0 Å². The van der Waals surface area contributed by atoms with Gasteiger partial charge in [0, 0.05) is 17.2 Å². The van der Waals surface area contributed by atoms with Gasteiger partial charge in [0.05, 0.1) is 0 Å². The van der Waals surface area contributed by atoms with E-state index in [4.69, 9.17) is 5.73 Å². The Hall–Kier alpha value is -2.29. The lowest BCUT2D eigenvalue weighted by Crippen LogP contribution is -1.95. The van der Waals surface area contributed by atoms with Crippen LogP contribution in [0.3, 0.4) is 0 Å². The van der Waals surface area contributed by atoms with Crippen molar-refractivity contribution in [2.75, 3.05) is 0 Å². The van der Waals surface area contributed by atoms with E-state index < -0.39 is 0 Å². The highest BCUT2D eigenvalue weighted by Gasteiger charge is 2.08. The van der Waals surface area contributed by atoms with Crippen LogP contribution in [0.1, 0.15) is 16.7 Å². The van der Waals surface area contributed by atoms with Crippen molar-refractivity contribution in [2.24, 2.45) is 5.73 Å². The van der Waals surface area contributed by atoms with Crippen LogP contribution in [0.4, 0.5) is 0 Å². The molecule has 1 nitrogen and oxygen atoms in total. The molecule has 0 atom stereocenters. The molecule has 3 rings (SSSR count). The van der Waals surface area contributed by atoms with E-state index >= 15 is 0 Å². The summed E-state index contributed by atoms with van der Waals surface area (Å²) in [7, 11) is 0. The molecular formula is C22H21NS. The van der Waals surface area contributed by atoms with Crippen molar-refractivity contribution in [1.29, 1.82) is 0 Å². The molecule has 2 heteroatoms. The van der Waals surface area contributed by atoms with Crippen molar-refractivity contribution < 1.29 is 0 Å². The first-order chi connectivity index (χ1) is 11.8. The lowest BCUT2D eigenvalue weighted by molar-refractivity contribution is 1.07. The van der Waals surface area contributed by atoms with E-state index in [1.807, 2.05) is 17.8 Å². The average molecular weight is 331 g/mol. The van der Waals surface area contributed by atoms with Gasteiger partial charge in [0.25, 0.3) is 0 Å². The fourth-order valence-corrected chi connectivity index (χ4v) is 3.73. The summed E-state index contributed by atoms with van der Waals surface area (Å²) in [5.74, 6) is 0.956. The maximum atomic E-state index is 5.69. The van der Waals surface area contributed by atoms with Crippen molar-refractivity contribution in [3.63, 3.8) is 0 Å². The highest BCUT2D eigenvalue weighted by atomic mass is 32.2. The molecule has 0 aliphatic rings. The molecule has 0 radical (unpaired) electrons. The molecule has 0 unspecified atom stereocenters. The lowest BCUT2D eigenvalue weighted by atomic mass is 9.98. The molecule has 0 aromatic heterocycles. The monoisotopic (exact) mass is 331 g/mol. The van der Waals surface area contributed by atoms with Gasteiger partial charge in [-0.1, -0.05) is 79.4 Å². The minimum absolute atomic E-state index is 0.571. The first kappa shape index (κ1) is 16.6. The van der Waals surface area contributed by atoms with Gasteiger partial charge in [-0.3, -0.25) is 0 Å². The van der Waals surface area contributed by atoms with Crippen molar-refractivity contribution in [3.05, 3.63) is 96.1 Å². The summed E-state index contributed by atoms with van der Waals surface area (Å²) in [6.45, 7) is 4.60. The molecule has 0 aliphatic heterocycles. The zero-order valence-electron chi connectivity index (χ0n) is 13.6. The third-order valence-corrected chi connectivity index (χ3v) is 5.15. The quantitative estimate of drug-likeness (QED) is 0.582. The molecule has 120 valence electrons. The zero-order chi connectivity index (χ0) is 16.8. The predicted molar refractivity (Wildman–Crippen MR) is 106 cm³/mol. The highest BCUT2D eigenvalue weighted by molar-refractivity contribution is 7.98. The largest absolute Gasteiger partial charge is 0.326 e. The number of nitrogens with two attached hydrogens (primary N) is 1. The summed E-state index contributed by atoms with van der Waals surface area (Å²) in [6, 6.07) is 25.4. The zero-order valence-corrected chi connectivity index (χ0v) is 14.4. The van der Waals surface area contributed by atoms with E-state index in [0.717, 1.165) is 11.3 Å². The molecule has 0 aliphatic carbocycles. The second kappa shape index (κ2) is 8.00. The van der Waals surface area contributed by atoms with Crippen molar-refractivity contribution in [1.82, 2.24) is 0 Å². The summed E-state index contributed by atoms with van der Waals surface area (Å²) < 4.78 is 0. The van der Waals surface area contributed by atoms with Gasteiger partial charge < -0.3 is 5.73 Å². The third-order valence-electron chi connectivity index (χ3n) is 4.01. The van der Waals surface area contributed by atoms with Gasteiger partial charge in [-0.15, -0.1) is 11.8 Å². The van der Waals surface area contributed by atoms with E-state index in [-0.39, 0.29) is 0 Å². The van der Waals surface area contributed by atoms with Crippen molar-refractivity contribution in [2.45, 2.75) is 17.2 Å². The number of thioether (sulfide) groups is 1. The Morgan fingerprint density at radius 3 is 2.25 bits per heavy atom. The summed E-state index contributed by atoms with van der Waals surface area (Å²) >= 11 is 1.85. The normalized spacial score (nSPS) is 10.5. The Morgan fingerprint density at radius 2 is 1.58 bits per heavy atom. The standard InChI is InChI=1S/C22H21NS/c1-2-20-21(19-13-11-17(15-23)12-14-19)9-6-10-22(20)24-16-18-7-4-3-5-8-18/h2-14H,1,15-16,23H2. The van der Waals surface area contributed by atoms with Crippen LogP contribution in [0.5, 0.6) is 0 Å². The van der Waals surface area contributed by atoms with E-state index in [1.54, 1.807) is 0 Å². The van der Waals surface area contributed by atoms with Crippen LogP contribution in [0.2, 0.25) is 0 Å². The average Bonchev–Trinajstić information content (AvgIpc) is 2.67. The van der Waals surface area contributed by atoms with Crippen LogP contribution in [0, 0.1) is 0 Å². The SMILES string of the molecule is C=Cc1c(SCc2ccccc2)cccc1-c1ccc(CN)cc1. The van der Waals surface area contributed by atoms with Gasteiger partial charge >= 0.3 is 0 Å². The van der Waals surface area contributed by atoms with Crippen LogP contribution in [-0.2, 0) is 12.3 Å². The molecule has 0 amide bonds. The van der Waals surface area contributed by atoms with Crippen LogP contribution >= 0.6 is 11.8 Å². The highest BCUT2D eigenvalue weighted by Crippen LogP contribution is 2.34. The summed E-state index contributed by atoms with van der Waals surface area (Å²) in [6.07, 6.45) is 1.96. The summed E-state index contributed by atoms with van der Waals surface area (Å²) in [5.41, 5.74) is 11.8. The van der Waals surface area contributed by atoms with E-state index in [1.165, 1.54) is 27.1 Å². The van der Waals surface area contributed by atoms with Gasteiger partial charge in [0.2, 0.25) is 0 Å². The molecule has 3 aromatic carbocycles. The minimum Gasteiger partial charge on any atom is -0.326 e. The molecule has 0 spiro atoms. The Balaban J connectivity index is 1.89. The molecule has 0 heterocycles. The van der Waals surface area contributed by atoms with E-state index in [9.17, 15) is 0 Å². The number of hydrogen-bond acceptors (Lipinski definition) is 2. The minimum atomic E-state index is 0.571. The van der Waals surface area contributed by atoms with Gasteiger partial charge in [-0.05, 0) is 33.9 Å². The Bertz CT molecular complexity index is 807. The predicted octanol–water partition coefficient (Wildman–Crippen LogP) is 5.75. The van der Waals surface area contributed by atoms with E-state index in [0.29, 0.717) is 6.54 Å². The Kier molecular flexibility index (Phi) is 5.52. The molecule has 0 fully saturated rings. The molecule has 0 bridgehead atoms. The van der Waals surface area contributed by atoms with Crippen LogP contribution < -0.4 is 5.73 Å². The second-order valence-electron chi connectivity index (χ2n) is 5.60. The van der Waals surface area contributed by atoms with Crippen molar-refractivity contribution in [3.8, 4) is 11.1 Å². The number of benzene rings is 3. The Morgan fingerprint density at radius 1 is 0.833 bits per heavy atom. The molecule has 3 aromatic rings. The molecule has 24 heavy (non-hydrogen) atoms.